The number of nitrogens with zero attached hydrogens (tertiary/aromatic N) is 1. The van der Waals surface area contributed by atoms with Crippen molar-refractivity contribution in [3.63, 3.8) is 0 Å². The summed E-state index contributed by atoms with van der Waals surface area (Å²) < 4.78 is 42.7. The van der Waals surface area contributed by atoms with Crippen LogP contribution in [0.25, 0.3) is 5.52 Å². The molecule has 0 aliphatic carbocycles. The molecule has 0 saturated heterocycles. The molecule has 18 heavy (non-hydrogen) atoms. The summed E-state index contributed by atoms with van der Waals surface area (Å²) in [5.41, 5.74) is 0.783. The number of hydrogen-bond donors (Lipinski definition) is 0. The monoisotopic (exact) mass is 257 g/mol. The van der Waals surface area contributed by atoms with Crippen molar-refractivity contribution in [2.75, 3.05) is 0 Å². The van der Waals surface area contributed by atoms with E-state index in [4.69, 9.17) is 0 Å². The van der Waals surface area contributed by atoms with Crippen molar-refractivity contribution >= 4 is 11.5 Å². The maximum absolute atomic E-state index is 12.3. The molecule has 0 fully saturated rings. The van der Waals surface area contributed by atoms with Gasteiger partial charge < -0.3 is 9.14 Å². The van der Waals surface area contributed by atoms with Crippen LogP contribution < -0.4 is 0 Å². The van der Waals surface area contributed by atoms with Gasteiger partial charge in [0.2, 0.25) is 0 Å². The number of pyridine rings is 1. The maximum Gasteiger partial charge on any atom is 0.425 e. The Morgan fingerprint density at radius 1 is 1.28 bits per heavy atom. The number of rotatable bonds is 2. The van der Waals surface area contributed by atoms with Crippen LogP contribution in [0.3, 0.4) is 0 Å². The lowest BCUT2D eigenvalue weighted by atomic mass is 10.4. The van der Waals surface area contributed by atoms with E-state index in [1.54, 1.807) is 30.5 Å². The van der Waals surface area contributed by atoms with E-state index in [0.717, 1.165) is 6.92 Å². The molecule has 6 heteroatoms. The van der Waals surface area contributed by atoms with Crippen molar-refractivity contribution in [3.05, 3.63) is 42.2 Å². The van der Waals surface area contributed by atoms with Crippen LogP contribution in [0.1, 0.15) is 17.4 Å². The molecule has 2 heterocycles. The minimum atomic E-state index is -4.55. The number of carbonyl (C=O) groups is 1. The van der Waals surface area contributed by atoms with Crippen LogP contribution in [0.2, 0.25) is 0 Å². The number of esters is 1. The van der Waals surface area contributed by atoms with Crippen LogP contribution >= 0.6 is 0 Å². The van der Waals surface area contributed by atoms with Gasteiger partial charge in [-0.1, -0.05) is 6.07 Å². The van der Waals surface area contributed by atoms with Crippen LogP contribution in [-0.2, 0) is 4.74 Å². The number of halogens is 3. The molecular weight excluding hydrogens is 247 g/mol. The molecule has 0 bridgehead atoms. The van der Waals surface area contributed by atoms with E-state index in [1.165, 1.54) is 10.5 Å². The Kier molecular flexibility index (Phi) is 3.02. The third-order valence-electron chi connectivity index (χ3n) is 2.52. The van der Waals surface area contributed by atoms with Crippen molar-refractivity contribution in [2.24, 2.45) is 0 Å². The highest BCUT2D eigenvalue weighted by Gasteiger charge is 2.39. The van der Waals surface area contributed by atoms with Gasteiger partial charge in [0.15, 0.2) is 6.10 Å². The Hall–Kier alpha value is -1.98. The first-order valence-electron chi connectivity index (χ1n) is 5.23. The van der Waals surface area contributed by atoms with Crippen molar-refractivity contribution in [1.29, 1.82) is 0 Å². The van der Waals surface area contributed by atoms with Gasteiger partial charge in [0.25, 0.3) is 0 Å². The lowest BCUT2D eigenvalue weighted by Gasteiger charge is -2.16. The summed E-state index contributed by atoms with van der Waals surface area (Å²) in [6.45, 7) is 0.799. The van der Waals surface area contributed by atoms with Gasteiger partial charge in [-0.25, -0.2) is 4.79 Å². The molecule has 2 aromatic rings. The molecule has 96 valence electrons. The fraction of sp³-hybridized carbons (Fsp3) is 0.250. The third-order valence-corrected chi connectivity index (χ3v) is 2.52. The van der Waals surface area contributed by atoms with E-state index >= 15 is 0 Å². The Bertz CT molecular complexity index is 574. The molecule has 0 aliphatic rings. The molecule has 0 spiro atoms. The van der Waals surface area contributed by atoms with E-state index in [0.29, 0.717) is 5.52 Å². The molecule has 0 aliphatic heterocycles. The SMILES string of the molecule is CC(OC(=O)c1ccc2ccccn12)C(F)(F)F. The van der Waals surface area contributed by atoms with Crippen LogP contribution in [0, 0.1) is 0 Å². The molecule has 1 atom stereocenters. The fourth-order valence-corrected chi connectivity index (χ4v) is 1.51. The van der Waals surface area contributed by atoms with Gasteiger partial charge in [0.1, 0.15) is 5.69 Å². The molecule has 0 amide bonds. The molecule has 0 saturated carbocycles. The minimum absolute atomic E-state index is 0.0710. The predicted molar refractivity (Wildman–Crippen MR) is 58.3 cm³/mol. The zero-order chi connectivity index (χ0) is 13.3. The molecule has 0 N–H and O–H groups in total. The zero-order valence-electron chi connectivity index (χ0n) is 9.44. The summed E-state index contributed by atoms with van der Waals surface area (Å²) in [4.78, 5) is 11.6. The second-order valence-electron chi connectivity index (χ2n) is 3.80. The standard InChI is InChI=1S/C12H10F3NO2/c1-8(12(13,14)15)18-11(17)10-6-5-9-4-2-3-7-16(9)10/h2-8H,1H3. The van der Waals surface area contributed by atoms with E-state index < -0.39 is 18.2 Å². The molecule has 2 aromatic heterocycles. The van der Waals surface area contributed by atoms with Gasteiger partial charge in [-0.2, -0.15) is 13.2 Å². The number of aromatic nitrogens is 1. The average Bonchev–Trinajstić information content (AvgIpc) is 2.71. The lowest BCUT2D eigenvalue weighted by Crippen LogP contribution is -2.31. The molecule has 2 rings (SSSR count). The van der Waals surface area contributed by atoms with Crippen molar-refractivity contribution in [2.45, 2.75) is 19.2 Å². The number of ether oxygens (including phenoxy) is 1. The van der Waals surface area contributed by atoms with E-state index in [9.17, 15) is 18.0 Å². The first-order valence-corrected chi connectivity index (χ1v) is 5.23. The summed E-state index contributed by atoms with van der Waals surface area (Å²) in [6.07, 6.45) is -5.09. The normalized spacial score (nSPS) is 13.6. The smallest absolute Gasteiger partial charge is 0.425 e. The van der Waals surface area contributed by atoms with E-state index in [-0.39, 0.29) is 5.69 Å². The van der Waals surface area contributed by atoms with Crippen molar-refractivity contribution in [3.8, 4) is 0 Å². The van der Waals surface area contributed by atoms with Gasteiger partial charge in [-0.15, -0.1) is 0 Å². The predicted octanol–water partition coefficient (Wildman–Crippen LogP) is 3.05. The number of alkyl halides is 3. The zero-order valence-corrected chi connectivity index (χ0v) is 9.44. The number of carbonyl (C=O) groups excluding carboxylic acids is 1. The quantitative estimate of drug-likeness (QED) is 0.774. The summed E-state index contributed by atoms with van der Waals surface area (Å²) in [5, 5.41) is 0. The Balaban J connectivity index is 2.24. The van der Waals surface area contributed by atoms with Gasteiger partial charge in [0.05, 0.1) is 0 Å². The second-order valence-corrected chi connectivity index (χ2v) is 3.80. The maximum atomic E-state index is 12.3. The van der Waals surface area contributed by atoms with Crippen LogP contribution in [0.4, 0.5) is 13.2 Å². The summed E-state index contributed by atoms with van der Waals surface area (Å²) in [5.74, 6) is -0.994. The molecule has 3 nitrogen and oxygen atoms in total. The largest absolute Gasteiger partial charge is 0.448 e. The van der Waals surface area contributed by atoms with Crippen LogP contribution in [0.5, 0.6) is 0 Å². The third kappa shape index (κ3) is 2.32. The Labute approximate surface area is 101 Å². The number of hydrogen-bond acceptors (Lipinski definition) is 2. The second kappa shape index (κ2) is 4.36. The van der Waals surface area contributed by atoms with Gasteiger partial charge in [-0.05, 0) is 31.2 Å². The van der Waals surface area contributed by atoms with Gasteiger partial charge >= 0.3 is 12.1 Å². The van der Waals surface area contributed by atoms with E-state index in [1.807, 2.05) is 0 Å². The first-order chi connectivity index (χ1) is 8.39. The summed E-state index contributed by atoms with van der Waals surface area (Å²) in [6, 6.07) is 8.25. The molecule has 1 unspecified atom stereocenters. The summed E-state index contributed by atoms with van der Waals surface area (Å²) >= 11 is 0. The highest BCUT2D eigenvalue weighted by atomic mass is 19.4. The first kappa shape index (κ1) is 12.5. The molecule has 0 aromatic carbocycles. The highest BCUT2D eigenvalue weighted by molar-refractivity contribution is 5.89. The number of fused-ring (bicyclic) bond motifs is 1. The Morgan fingerprint density at radius 3 is 2.67 bits per heavy atom. The molecular formula is C12H10F3NO2. The highest BCUT2D eigenvalue weighted by Crippen LogP contribution is 2.23. The van der Waals surface area contributed by atoms with Crippen LogP contribution in [0.15, 0.2) is 36.5 Å². The average molecular weight is 257 g/mol. The van der Waals surface area contributed by atoms with E-state index in [2.05, 4.69) is 4.74 Å². The van der Waals surface area contributed by atoms with Crippen molar-refractivity contribution in [1.82, 2.24) is 4.40 Å². The Morgan fingerprint density at radius 2 is 2.00 bits per heavy atom. The lowest BCUT2D eigenvalue weighted by molar-refractivity contribution is -0.198. The van der Waals surface area contributed by atoms with Gasteiger partial charge in [0, 0.05) is 11.7 Å². The topological polar surface area (TPSA) is 30.7 Å². The summed E-state index contributed by atoms with van der Waals surface area (Å²) in [7, 11) is 0. The van der Waals surface area contributed by atoms with Gasteiger partial charge in [-0.3, -0.25) is 0 Å². The molecule has 0 radical (unpaired) electrons. The fourth-order valence-electron chi connectivity index (χ4n) is 1.51. The minimum Gasteiger partial charge on any atom is -0.448 e. The van der Waals surface area contributed by atoms with Crippen molar-refractivity contribution < 1.29 is 22.7 Å². The van der Waals surface area contributed by atoms with Crippen LogP contribution in [-0.4, -0.2) is 22.7 Å².